The minimum absolute atomic E-state index is 0.0742. The molecule has 1 aromatic rings. The van der Waals surface area contributed by atoms with Gasteiger partial charge in [-0.2, -0.15) is 0 Å². The van der Waals surface area contributed by atoms with Crippen LogP contribution in [0.15, 0.2) is 47.7 Å². The lowest BCUT2D eigenvalue weighted by atomic mass is 9.75. The highest BCUT2D eigenvalue weighted by Crippen LogP contribution is 2.51. The summed E-state index contributed by atoms with van der Waals surface area (Å²) >= 11 is 0. The first-order chi connectivity index (χ1) is 12.9. The van der Waals surface area contributed by atoms with Gasteiger partial charge in [0.25, 0.3) is 11.8 Å². The van der Waals surface area contributed by atoms with Crippen molar-refractivity contribution < 1.29 is 14.4 Å². The summed E-state index contributed by atoms with van der Waals surface area (Å²) in [7, 11) is 0. The first-order valence-electron chi connectivity index (χ1n) is 9.38. The number of benzene rings is 1. The van der Waals surface area contributed by atoms with Crippen molar-refractivity contribution in [3.8, 4) is 0 Å². The molecule has 1 N–H and O–H groups in total. The van der Waals surface area contributed by atoms with E-state index in [0.717, 1.165) is 23.2 Å². The second kappa shape index (κ2) is 5.31. The molecule has 138 valence electrons. The molecule has 2 fully saturated rings. The molecular weight excluding hydrogens is 342 g/mol. The van der Waals surface area contributed by atoms with Crippen molar-refractivity contribution in [2.45, 2.75) is 44.2 Å². The van der Waals surface area contributed by atoms with Gasteiger partial charge in [0.2, 0.25) is 5.91 Å². The third-order valence-electron chi connectivity index (χ3n) is 6.11. The lowest BCUT2D eigenvalue weighted by molar-refractivity contribution is -0.149. The number of piperazine rings is 1. The van der Waals surface area contributed by atoms with Gasteiger partial charge in [0, 0.05) is 12.2 Å². The lowest BCUT2D eigenvalue weighted by Crippen LogP contribution is -2.59. The second-order valence-corrected chi connectivity index (χ2v) is 7.95. The zero-order valence-electron chi connectivity index (χ0n) is 15.4. The van der Waals surface area contributed by atoms with Crippen molar-refractivity contribution >= 4 is 23.4 Å². The third kappa shape index (κ3) is 1.93. The average Bonchev–Trinajstić information content (AvgIpc) is 3.31. The van der Waals surface area contributed by atoms with Crippen LogP contribution in [0.4, 0.5) is 5.69 Å². The zero-order valence-corrected chi connectivity index (χ0v) is 15.4. The molecule has 3 amide bonds. The van der Waals surface area contributed by atoms with Gasteiger partial charge in [-0.25, -0.2) is 0 Å². The van der Waals surface area contributed by atoms with Crippen LogP contribution < -0.4 is 5.32 Å². The first-order valence-corrected chi connectivity index (χ1v) is 9.38. The topological polar surface area (TPSA) is 69.7 Å². The van der Waals surface area contributed by atoms with Gasteiger partial charge in [-0.3, -0.25) is 19.3 Å². The van der Waals surface area contributed by atoms with E-state index in [2.05, 4.69) is 5.32 Å². The molecule has 6 heteroatoms. The number of allylic oxidation sites excluding steroid dienone is 1. The molecule has 5 rings (SSSR count). The molecule has 0 aliphatic carbocycles. The minimum Gasteiger partial charge on any atom is -0.325 e. The Bertz CT molecular complexity index is 959. The van der Waals surface area contributed by atoms with Gasteiger partial charge in [0.1, 0.15) is 17.2 Å². The summed E-state index contributed by atoms with van der Waals surface area (Å²) in [6.45, 7) is 4.49. The van der Waals surface area contributed by atoms with Crippen LogP contribution in [0.3, 0.4) is 0 Å². The Hall–Kier alpha value is -2.89. The van der Waals surface area contributed by atoms with Gasteiger partial charge in [-0.15, -0.1) is 0 Å². The molecule has 0 radical (unpaired) electrons. The Kier molecular flexibility index (Phi) is 3.21. The summed E-state index contributed by atoms with van der Waals surface area (Å²) in [5.74, 6) is -0.401. The van der Waals surface area contributed by atoms with Crippen LogP contribution in [0.5, 0.6) is 0 Å². The summed E-state index contributed by atoms with van der Waals surface area (Å²) in [6.07, 6.45) is 5.20. The molecular formula is C21H21N3O3. The number of hydrogen-bond donors (Lipinski definition) is 1. The highest BCUT2D eigenvalue weighted by atomic mass is 16.2. The number of fused-ring (bicyclic) bond motifs is 4. The van der Waals surface area contributed by atoms with Gasteiger partial charge in [-0.05, 0) is 44.4 Å². The fourth-order valence-electron chi connectivity index (χ4n) is 4.98. The second-order valence-electron chi connectivity index (χ2n) is 7.95. The largest absolute Gasteiger partial charge is 0.325 e. The van der Waals surface area contributed by atoms with Crippen LogP contribution >= 0.6 is 0 Å². The fourth-order valence-corrected chi connectivity index (χ4v) is 4.98. The van der Waals surface area contributed by atoms with Gasteiger partial charge >= 0.3 is 0 Å². The minimum atomic E-state index is -1.06. The average molecular weight is 363 g/mol. The van der Waals surface area contributed by atoms with Crippen molar-refractivity contribution in [2.75, 3.05) is 11.9 Å². The molecule has 6 nitrogen and oxygen atoms in total. The SMILES string of the molecule is CC(C)=CC1N2C(=O)[C@@H]3CCCN3C(=O)C2=C[C@@]12C(=O)Nc1ccccc12. The van der Waals surface area contributed by atoms with Gasteiger partial charge in [-0.1, -0.05) is 29.8 Å². The number of amides is 3. The number of rotatable bonds is 1. The van der Waals surface area contributed by atoms with E-state index in [1.165, 1.54) is 0 Å². The standard InChI is InChI=1S/C21H21N3O3/c1-12(2)10-17-21(13-6-3-4-7-14(13)22-20(21)27)11-16-18(25)23-9-5-8-15(23)19(26)24(16)17/h3-4,6-7,10-11,15,17H,5,8-9H2,1-2H3,(H,22,27)/t15-,17?,21-/m0/s1. The molecule has 1 aromatic carbocycles. The molecule has 3 atom stereocenters. The Balaban J connectivity index is 1.76. The van der Waals surface area contributed by atoms with Crippen LogP contribution in [-0.2, 0) is 19.8 Å². The molecule has 4 heterocycles. The third-order valence-corrected chi connectivity index (χ3v) is 6.11. The van der Waals surface area contributed by atoms with E-state index in [0.29, 0.717) is 18.7 Å². The van der Waals surface area contributed by atoms with Crippen molar-refractivity contribution in [3.05, 3.63) is 53.3 Å². The number of carbonyl (C=O) groups is 3. The van der Waals surface area contributed by atoms with Gasteiger partial charge in [0.05, 0.1) is 6.04 Å². The van der Waals surface area contributed by atoms with Crippen molar-refractivity contribution in [2.24, 2.45) is 0 Å². The number of nitrogens with one attached hydrogen (secondary N) is 1. The maximum Gasteiger partial charge on any atom is 0.270 e. The van der Waals surface area contributed by atoms with Gasteiger partial charge < -0.3 is 10.2 Å². The molecule has 4 aliphatic heterocycles. The zero-order chi connectivity index (χ0) is 18.9. The smallest absolute Gasteiger partial charge is 0.270 e. The summed E-state index contributed by atoms with van der Waals surface area (Å²) in [6, 6.07) is 6.59. The highest BCUT2D eigenvalue weighted by Gasteiger charge is 2.62. The predicted molar refractivity (Wildman–Crippen MR) is 99.6 cm³/mol. The van der Waals surface area contributed by atoms with Crippen LogP contribution in [0.25, 0.3) is 0 Å². The number of anilines is 1. The van der Waals surface area contributed by atoms with E-state index in [1.54, 1.807) is 15.9 Å². The predicted octanol–water partition coefficient (Wildman–Crippen LogP) is 1.94. The van der Waals surface area contributed by atoms with E-state index >= 15 is 0 Å². The summed E-state index contributed by atoms with van der Waals surface area (Å²) < 4.78 is 0. The van der Waals surface area contributed by atoms with Crippen LogP contribution in [0.2, 0.25) is 0 Å². The van der Waals surface area contributed by atoms with Crippen LogP contribution in [0, 0.1) is 0 Å². The fraction of sp³-hybridized carbons (Fsp3) is 0.381. The number of hydrogen-bond acceptors (Lipinski definition) is 3. The van der Waals surface area contributed by atoms with Crippen LogP contribution in [-0.4, -0.2) is 46.1 Å². The molecule has 0 bridgehead atoms. The monoisotopic (exact) mass is 363 g/mol. The van der Waals surface area contributed by atoms with Crippen molar-refractivity contribution in [1.29, 1.82) is 0 Å². The Morgan fingerprint density at radius 2 is 2.00 bits per heavy atom. The maximum absolute atomic E-state index is 13.3. The summed E-state index contributed by atoms with van der Waals surface area (Å²) in [5.41, 5.74) is 1.84. The van der Waals surface area contributed by atoms with Crippen LogP contribution in [0.1, 0.15) is 32.3 Å². The van der Waals surface area contributed by atoms with E-state index in [1.807, 2.05) is 44.2 Å². The van der Waals surface area contributed by atoms with Crippen molar-refractivity contribution in [1.82, 2.24) is 9.80 Å². The molecule has 0 saturated carbocycles. The number of carbonyl (C=O) groups excluding carboxylic acids is 3. The summed E-state index contributed by atoms with van der Waals surface area (Å²) in [4.78, 5) is 42.9. The molecule has 2 saturated heterocycles. The first kappa shape index (κ1) is 16.3. The number of nitrogens with zero attached hydrogens (tertiary/aromatic N) is 2. The van der Waals surface area contributed by atoms with Crippen molar-refractivity contribution in [3.63, 3.8) is 0 Å². The van der Waals surface area contributed by atoms with E-state index in [9.17, 15) is 14.4 Å². The van der Waals surface area contributed by atoms with Gasteiger partial charge in [0.15, 0.2) is 0 Å². The van der Waals surface area contributed by atoms with E-state index < -0.39 is 17.5 Å². The highest BCUT2D eigenvalue weighted by molar-refractivity contribution is 6.14. The molecule has 4 aliphatic rings. The molecule has 0 aromatic heterocycles. The Morgan fingerprint density at radius 1 is 1.22 bits per heavy atom. The lowest BCUT2D eigenvalue weighted by Gasteiger charge is -2.40. The number of para-hydroxylation sites is 1. The molecule has 27 heavy (non-hydrogen) atoms. The molecule has 1 unspecified atom stereocenters. The van der Waals surface area contributed by atoms with E-state index in [-0.39, 0.29) is 17.7 Å². The molecule has 1 spiro atoms. The Morgan fingerprint density at radius 3 is 2.78 bits per heavy atom. The van der Waals surface area contributed by atoms with E-state index in [4.69, 9.17) is 0 Å². The normalized spacial score (nSPS) is 30.9. The Labute approximate surface area is 157 Å². The quantitative estimate of drug-likeness (QED) is 0.776. The maximum atomic E-state index is 13.3. The summed E-state index contributed by atoms with van der Waals surface area (Å²) in [5, 5.41) is 2.95.